The molecule has 8 N–H and O–H groups in total. The normalized spacial score (nSPS) is 19.6. The van der Waals surface area contributed by atoms with Gasteiger partial charge in [-0.2, -0.15) is 0 Å². The highest BCUT2D eigenvalue weighted by Crippen LogP contribution is 2.46. The summed E-state index contributed by atoms with van der Waals surface area (Å²) in [5.74, 6) is -3.37. The zero-order valence-electron chi connectivity index (χ0n) is 70.4. The van der Waals surface area contributed by atoms with Crippen LogP contribution in [-0.2, 0) is 90.9 Å². The maximum absolute atomic E-state index is 13.8. The Morgan fingerprint density at radius 1 is 0.453 bits per heavy atom. The average Bonchev–Trinajstić information content (AvgIpc) is 1.60. The number of carboxylic acid groups (broad SMARTS) is 2. The van der Waals surface area contributed by atoms with Gasteiger partial charge in [-0.15, -0.1) is 0 Å². The number of rotatable bonds is 36. The molecule has 2 heterocycles. The smallest absolute Gasteiger partial charge is 0.328 e. The van der Waals surface area contributed by atoms with Crippen LogP contribution in [-0.4, -0.2) is 170 Å². The van der Waals surface area contributed by atoms with Gasteiger partial charge in [0.25, 0.3) is 11.8 Å². The molecule has 5 aliphatic rings. The molecule has 8 atom stereocenters. The number of amides is 8. The quantitative estimate of drug-likeness (QED) is 0.0183. The Morgan fingerprint density at radius 2 is 0.769 bits per heavy atom. The molecule has 26 heteroatoms. The van der Waals surface area contributed by atoms with Crippen molar-refractivity contribution >= 4 is 82.2 Å². The van der Waals surface area contributed by atoms with Crippen molar-refractivity contribution in [3.63, 3.8) is 0 Å². The molecule has 8 amide bonds. The third-order valence-electron chi connectivity index (χ3n) is 23.6. The van der Waals surface area contributed by atoms with Crippen LogP contribution >= 0.6 is 0 Å². The summed E-state index contributed by atoms with van der Waals surface area (Å²) >= 11 is 0. The Morgan fingerprint density at radius 3 is 1.06 bits per heavy atom. The molecule has 0 spiro atoms. The molecule has 3 saturated carbocycles. The number of hydrogen-bond acceptors (Lipinski definition) is 16. The predicted octanol–water partition coefficient (Wildman–Crippen LogP) is 12.2. The van der Waals surface area contributed by atoms with Crippen molar-refractivity contribution in [2.45, 2.75) is 239 Å². The third-order valence-corrected chi connectivity index (χ3v) is 23.6. The van der Waals surface area contributed by atoms with E-state index >= 15 is 0 Å². The van der Waals surface area contributed by atoms with Crippen molar-refractivity contribution in [1.82, 2.24) is 25.8 Å². The van der Waals surface area contributed by atoms with Crippen LogP contribution in [0.3, 0.4) is 0 Å². The Hall–Kier alpha value is -9.89. The first kappa shape index (κ1) is 92.6. The van der Waals surface area contributed by atoms with Gasteiger partial charge in [0.15, 0.2) is 0 Å². The van der Waals surface area contributed by atoms with E-state index in [1.807, 2.05) is 114 Å². The summed E-state index contributed by atoms with van der Waals surface area (Å²) in [7, 11) is 6.15. The van der Waals surface area contributed by atoms with Gasteiger partial charge in [-0.05, 0) is 159 Å². The molecule has 0 aromatic heterocycles. The fourth-order valence-electron chi connectivity index (χ4n) is 17.3. The largest absolute Gasteiger partial charge is 0.480 e. The first-order valence-electron chi connectivity index (χ1n) is 41.5. The Kier molecular flexibility index (Phi) is 34.5. The monoisotopic (exact) mass is 1620 g/mol. The van der Waals surface area contributed by atoms with Gasteiger partial charge < -0.3 is 66.0 Å². The van der Waals surface area contributed by atoms with Crippen LogP contribution in [0, 0.1) is 34.0 Å². The predicted molar refractivity (Wildman–Crippen MR) is 447 cm³/mol. The van der Waals surface area contributed by atoms with E-state index in [1.165, 1.54) is 21.0 Å². The summed E-state index contributed by atoms with van der Waals surface area (Å²) in [6.45, 7) is 16.6. The van der Waals surface area contributed by atoms with Crippen molar-refractivity contribution in [3.05, 3.63) is 161 Å². The summed E-state index contributed by atoms with van der Waals surface area (Å²) in [6.07, 6.45) is 13.0. The summed E-state index contributed by atoms with van der Waals surface area (Å²) in [6, 6.07) is 35.8. The van der Waals surface area contributed by atoms with Crippen molar-refractivity contribution in [2.75, 3.05) is 63.4 Å². The highest BCUT2D eigenvalue weighted by molar-refractivity contribution is 6.04. The van der Waals surface area contributed by atoms with E-state index in [0.717, 1.165) is 93.7 Å². The van der Waals surface area contributed by atoms with E-state index < -0.39 is 82.7 Å². The molecule has 26 nitrogen and oxygen atoms in total. The number of nitrogens with zero attached hydrogens (tertiary/aromatic N) is 4. The number of anilines is 3. The molecule has 10 rings (SSSR count). The molecule has 0 bridgehead atoms. The van der Waals surface area contributed by atoms with Gasteiger partial charge in [-0.1, -0.05) is 177 Å². The molecular weight excluding hydrogens is 1490 g/mol. The fraction of sp³-hybridized carbons (Fsp3) is 0.549. The number of esters is 1. The minimum Gasteiger partial charge on any atom is -0.480 e. The molecule has 117 heavy (non-hydrogen) atoms. The molecule has 2 aliphatic heterocycles. The Labute approximate surface area is 689 Å². The van der Waals surface area contributed by atoms with Crippen molar-refractivity contribution in [3.8, 4) is 0 Å². The lowest BCUT2D eigenvalue weighted by molar-refractivity contribution is -0.147. The molecule has 0 unspecified atom stereocenters. The molecular formula is C91H125N9O17. The van der Waals surface area contributed by atoms with Gasteiger partial charge in [0.05, 0.1) is 29.4 Å². The summed E-state index contributed by atoms with van der Waals surface area (Å²) in [4.78, 5) is 149. The molecule has 636 valence electrons. The van der Waals surface area contributed by atoms with E-state index in [4.69, 9.17) is 24.7 Å². The van der Waals surface area contributed by atoms with E-state index in [-0.39, 0.29) is 71.9 Å². The zero-order valence-corrected chi connectivity index (χ0v) is 70.4. The van der Waals surface area contributed by atoms with Crippen LogP contribution < -0.4 is 36.8 Å². The van der Waals surface area contributed by atoms with E-state index in [2.05, 4.69) is 21.3 Å². The van der Waals surface area contributed by atoms with Crippen molar-refractivity contribution < 1.29 is 81.9 Å². The van der Waals surface area contributed by atoms with Crippen LogP contribution in [0.25, 0.3) is 0 Å². The number of hydrogen-bond donors (Lipinski definition) is 7. The van der Waals surface area contributed by atoms with Gasteiger partial charge in [0.2, 0.25) is 35.4 Å². The number of carboxylic acids is 2. The van der Waals surface area contributed by atoms with Gasteiger partial charge in [0.1, 0.15) is 42.5 Å². The Bertz CT molecular complexity index is 3930. The van der Waals surface area contributed by atoms with Crippen LogP contribution in [0.2, 0.25) is 0 Å². The third kappa shape index (κ3) is 24.2. The van der Waals surface area contributed by atoms with Gasteiger partial charge >= 0.3 is 17.9 Å². The van der Waals surface area contributed by atoms with Crippen molar-refractivity contribution in [2.24, 2.45) is 39.7 Å². The second kappa shape index (κ2) is 43.5. The summed E-state index contributed by atoms with van der Waals surface area (Å²) < 4.78 is 20.6. The fourth-order valence-corrected chi connectivity index (χ4v) is 17.3. The topological polar surface area (TPSA) is 352 Å². The number of nitrogens with two attached hydrogens (primary N) is 1. The van der Waals surface area contributed by atoms with Crippen LogP contribution in [0.1, 0.15) is 211 Å². The van der Waals surface area contributed by atoms with Gasteiger partial charge in [-0.3, -0.25) is 48.2 Å². The molecule has 5 aromatic carbocycles. The summed E-state index contributed by atoms with van der Waals surface area (Å²) in [5, 5.41) is 31.3. The number of nitrogens with one attached hydrogen (secondary N) is 4. The van der Waals surface area contributed by atoms with Crippen molar-refractivity contribution in [1.29, 1.82) is 0 Å². The highest BCUT2D eigenvalue weighted by Gasteiger charge is 2.52. The van der Waals surface area contributed by atoms with Crippen LogP contribution in [0.15, 0.2) is 133 Å². The SMILES string of the molecule is COCCC1(C(=O)N[C@@H](Cc2ccc(N3C(=O)[C@@H](CC(C)C)N(C(C)=O)[C@@H]3c3ccccc3)cc2)C(=O)O)CCCC1.COCCC1(C(=O)N[C@@H](Cc2ccc(N3C(=O)[C@@H](CC(C)C)N(C(C)=O)[C@H]3c3ccccc3)cc2)C(=O)O)CCCC1.COCCC1(C(=O)N[C@@H](Cc2ccc(NC(=O)[C@H](N)CC(C)C)cc2)C(=O)OC)CCCC1. The van der Waals surface area contributed by atoms with E-state index in [9.17, 15) is 63.0 Å². The maximum Gasteiger partial charge on any atom is 0.328 e. The number of aliphatic carboxylic acids is 2. The minimum absolute atomic E-state index is 0.104. The molecule has 5 aromatic rings. The second-order valence-corrected chi connectivity index (χ2v) is 33.5. The van der Waals surface area contributed by atoms with E-state index in [0.29, 0.717) is 98.9 Å². The van der Waals surface area contributed by atoms with Crippen LogP contribution in [0.4, 0.5) is 17.1 Å². The molecule has 3 aliphatic carbocycles. The lowest BCUT2D eigenvalue weighted by Gasteiger charge is -2.31. The number of carbonyl (C=O) groups excluding carboxylic acids is 9. The maximum atomic E-state index is 13.8. The lowest BCUT2D eigenvalue weighted by atomic mass is 9.81. The number of benzene rings is 5. The lowest BCUT2D eigenvalue weighted by Crippen LogP contribution is -2.49. The first-order chi connectivity index (χ1) is 55.8. The standard InChI is InChI=1S/2C33H43N3O6.C25H39N3O5/c2*1-22(2)20-28-30(38)36(29(35(28)23(3)37)25-10-6-5-7-11-25)26-14-12-24(13-15-26)21-27(31(39)40)34-32(41)33(18-19-42-4)16-8-9-17-33;1-17(2)15-20(26)22(29)27-19-9-7-18(8-10-19)16-21(23(30)33-4)28-24(31)25(13-14-32-3)11-5-6-12-25/h2*5-7,10-15,22,27-29H,8-9,16-21H2,1-4H3,(H,34,41)(H,39,40);7-10,17,20-21H,5-6,11-16,26H2,1-4H3,(H,27,29)(H,28,31)/t27-,28+,29+;27-,28+,29-;20-,21+/m001/s1. The summed E-state index contributed by atoms with van der Waals surface area (Å²) in [5.41, 5.74) is 10.1. The number of methoxy groups -OCH3 is 4. The average molecular weight is 1620 g/mol. The highest BCUT2D eigenvalue weighted by atomic mass is 16.5. The number of carbonyl (C=O) groups is 11. The zero-order chi connectivity index (χ0) is 85.3. The Balaban J connectivity index is 0.000000221. The minimum atomic E-state index is -1.10. The molecule has 0 radical (unpaired) electrons. The van der Waals surface area contributed by atoms with E-state index in [1.54, 1.807) is 102 Å². The first-order valence-corrected chi connectivity index (χ1v) is 41.5. The number of ether oxygens (including phenoxy) is 4. The molecule has 5 fully saturated rings. The van der Waals surface area contributed by atoms with Crippen LogP contribution in [0.5, 0.6) is 0 Å². The van der Waals surface area contributed by atoms with Gasteiger partial charge in [-0.25, -0.2) is 14.4 Å². The molecule has 2 saturated heterocycles. The van der Waals surface area contributed by atoms with Gasteiger partial charge in [0, 0.05) is 91.3 Å². The second-order valence-electron chi connectivity index (χ2n) is 33.5.